The van der Waals surface area contributed by atoms with Crippen LogP contribution in [-0.4, -0.2) is 6.54 Å². The summed E-state index contributed by atoms with van der Waals surface area (Å²) in [4.78, 5) is 0. The van der Waals surface area contributed by atoms with Crippen LogP contribution in [0.5, 0.6) is 5.75 Å². The molecule has 0 amide bonds. The summed E-state index contributed by atoms with van der Waals surface area (Å²) >= 11 is 0. The Kier molecular flexibility index (Phi) is 3.59. The summed E-state index contributed by atoms with van der Waals surface area (Å²) in [6, 6.07) is 24.6. The van der Waals surface area contributed by atoms with Gasteiger partial charge in [-0.1, -0.05) is 0 Å². The molecule has 0 fully saturated rings. The predicted molar refractivity (Wildman–Crippen MR) is 105 cm³/mol. The summed E-state index contributed by atoms with van der Waals surface area (Å²) in [7, 11) is -4.53. The van der Waals surface area contributed by atoms with Crippen LogP contribution in [0.3, 0.4) is 0 Å². The average molecular weight is 353 g/mol. The van der Waals surface area contributed by atoms with Crippen molar-refractivity contribution in [1.82, 2.24) is 0 Å². The summed E-state index contributed by atoms with van der Waals surface area (Å²) < 4.78 is 25.9. The van der Waals surface area contributed by atoms with Gasteiger partial charge in [-0.25, -0.2) is 0 Å². The Balaban J connectivity index is 2.10. The molecule has 3 aromatic rings. The van der Waals surface area contributed by atoms with Crippen LogP contribution in [0.2, 0.25) is 0 Å². The van der Waals surface area contributed by atoms with Crippen molar-refractivity contribution >= 4 is 23.6 Å². The first-order valence-electron chi connectivity index (χ1n) is 8.52. The summed E-state index contributed by atoms with van der Waals surface area (Å²) in [6.45, 7) is 4.47. The van der Waals surface area contributed by atoms with E-state index in [0.717, 1.165) is 11.3 Å². The number of fused-ring (bicyclic) bond motifs is 1. The van der Waals surface area contributed by atoms with Gasteiger partial charge in [0.15, 0.2) is 0 Å². The van der Waals surface area contributed by atoms with E-state index in [9.17, 15) is 0 Å². The Hall–Kier alpha value is -2.38. The van der Waals surface area contributed by atoms with Crippen LogP contribution >= 0.6 is 7.29 Å². The third-order valence-corrected chi connectivity index (χ3v) is 9.13. The molecule has 4 rings (SSSR count). The molecule has 0 atom stereocenters. The van der Waals surface area contributed by atoms with Crippen molar-refractivity contribution in [2.75, 3.05) is 11.2 Å². The molecule has 1 aliphatic rings. The minimum absolute atomic E-state index is 0.522. The number of nitrogens with zero attached hydrogens (tertiary/aromatic N) is 1. The average Bonchev–Trinajstić information content (AvgIpc) is 2.95. The van der Waals surface area contributed by atoms with E-state index >= 15 is 4.20 Å². The van der Waals surface area contributed by atoms with Gasteiger partial charge < -0.3 is 0 Å². The minimum atomic E-state index is -4.53. The second kappa shape index (κ2) is 5.57. The van der Waals surface area contributed by atoms with Crippen LogP contribution in [0.4, 0.5) is 9.88 Å². The van der Waals surface area contributed by atoms with E-state index in [1.807, 2.05) is 97.4 Å². The van der Waals surface area contributed by atoms with Crippen LogP contribution in [0.15, 0.2) is 78.9 Å². The third kappa shape index (κ3) is 2.06. The second-order valence-corrected chi connectivity index (χ2v) is 9.77. The molecule has 0 N–H and O–H groups in total. The fourth-order valence-electron chi connectivity index (χ4n) is 3.70. The van der Waals surface area contributed by atoms with Gasteiger partial charge in [0.05, 0.1) is 0 Å². The number of para-hydroxylation sites is 1. The Bertz CT molecular complexity index is 874. The quantitative estimate of drug-likeness (QED) is 0.605. The van der Waals surface area contributed by atoms with Crippen molar-refractivity contribution in [3.63, 3.8) is 0 Å². The van der Waals surface area contributed by atoms with Gasteiger partial charge in [0.2, 0.25) is 0 Å². The monoisotopic (exact) mass is 353 g/mol. The molecule has 0 saturated heterocycles. The summed E-state index contributed by atoms with van der Waals surface area (Å²) in [6.07, 6.45) is 0. The zero-order chi connectivity index (χ0) is 17.5. The molecule has 1 heterocycles. The van der Waals surface area contributed by atoms with E-state index in [0.29, 0.717) is 22.9 Å². The Labute approximate surface area is 148 Å². The number of aryl methyl sites for hydroxylation is 1. The molecule has 4 heteroatoms. The third-order valence-electron chi connectivity index (χ3n) is 4.87. The van der Waals surface area contributed by atoms with E-state index in [4.69, 9.17) is 4.52 Å². The van der Waals surface area contributed by atoms with E-state index < -0.39 is 7.29 Å². The molecule has 0 unspecified atom stereocenters. The number of benzene rings is 3. The van der Waals surface area contributed by atoms with Crippen molar-refractivity contribution in [2.24, 2.45) is 0 Å². The van der Waals surface area contributed by atoms with E-state index in [1.54, 1.807) is 0 Å². The maximum atomic E-state index is 17.6. The van der Waals surface area contributed by atoms with Gasteiger partial charge in [-0.05, 0) is 0 Å². The predicted octanol–water partition coefficient (Wildman–Crippen LogP) is 5.13. The standard InChI is InChI=1S/C21H21FNOP/c1-3-23-20-16-10-11-17(2)21(20)24-25(23,22,18-12-6-4-7-13-18)19-14-8-5-9-15-19/h4-16H,3H2,1-2H3. The van der Waals surface area contributed by atoms with Crippen LogP contribution in [0, 0.1) is 6.92 Å². The topological polar surface area (TPSA) is 12.5 Å². The van der Waals surface area contributed by atoms with Gasteiger partial charge in [-0.15, -0.1) is 0 Å². The van der Waals surface area contributed by atoms with E-state index in [-0.39, 0.29) is 0 Å². The molecular weight excluding hydrogens is 332 g/mol. The Morgan fingerprint density at radius 3 is 1.92 bits per heavy atom. The normalized spacial score (nSPS) is 18.7. The second-order valence-electron chi connectivity index (χ2n) is 6.29. The van der Waals surface area contributed by atoms with Crippen molar-refractivity contribution in [3.05, 3.63) is 84.4 Å². The zero-order valence-electron chi connectivity index (χ0n) is 14.4. The number of halogens is 1. The first kappa shape index (κ1) is 16.1. The summed E-state index contributed by atoms with van der Waals surface area (Å²) in [5.74, 6) is 0.650. The molecule has 0 radical (unpaired) electrons. The van der Waals surface area contributed by atoms with Crippen molar-refractivity contribution in [1.29, 1.82) is 0 Å². The van der Waals surface area contributed by atoms with E-state index in [2.05, 4.69) is 0 Å². The fourth-order valence-corrected chi connectivity index (χ4v) is 7.86. The van der Waals surface area contributed by atoms with Gasteiger partial charge >= 0.3 is 148 Å². The van der Waals surface area contributed by atoms with Gasteiger partial charge in [-0.2, -0.15) is 0 Å². The molecule has 0 aliphatic carbocycles. The molecule has 128 valence electrons. The van der Waals surface area contributed by atoms with Gasteiger partial charge in [0.25, 0.3) is 0 Å². The van der Waals surface area contributed by atoms with Crippen LogP contribution in [0.25, 0.3) is 0 Å². The molecule has 0 aromatic heterocycles. The van der Waals surface area contributed by atoms with E-state index in [1.165, 1.54) is 0 Å². The van der Waals surface area contributed by atoms with Gasteiger partial charge in [-0.3, -0.25) is 0 Å². The molecule has 2 nitrogen and oxygen atoms in total. The Morgan fingerprint density at radius 2 is 1.40 bits per heavy atom. The summed E-state index contributed by atoms with van der Waals surface area (Å²) in [5.41, 5.74) is 1.78. The first-order valence-corrected chi connectivity index (χ1v) is 10.5. The van der Waals surface area contributed by atoms with Gasteiger partial charge in [0.1, 0.15) is 0 Å². The SMILES string of the molecule is CCN1c2cccc(C)c2OP1(F)(c1ccccc1)c1ccccc1. The number of hydrogen-bond donors (Lipinski definition) is 0. The molecular formula is C21H21FNOP. The van der Waals surface area contributed by atoms with Crippen molar-refractivity contribution in [2.45, 2.75) is 13.8 Å². The Morgan fingerprint density at radius 1 is 0.840 bits per heavy atom. The maximum absolute atomic E-state index is 17.6. The van der Waals surface area contributed by atoms with Crippen molar-refractivity contribution < 1.29 is 8.72 Å². The summed E-state index contributed by atoms with van der Waals surface area (Å²) in [5, 5.41) is 1.19. The fraction of sp³-hybridized carbons (Fsp3) is 0.143. The zero-order valence-corrected chi connectivity index (χ0v) is 15.3. The molecule has 3 aromatic carbocycles. The number of anilines is 1. The molecule has 25 heavy (non-hydrogen) atoms. The van der Waals surface area contributed by atoms with Crippen LogP contribution < -0.4 is 19.8 Å². The molecule has 0 spiro atoms. The first-order chi connectivity index (χ1) is 12.1. The molecule has 0 bridgehead atoms. The van der Waals surface area contributed by atoms with Gasteiger partial charge in [0, 0.05) is 0 Å². The number of rotatable bonds is 3. The van der Waals surface area contributed by atoms with Crippen molar-refractivity contribution in [3.8, 4) is 5.75 Å². The van der Waals surface area contributed by atoms with Crippen LogP contribution in [0.1, 0.15) is 12.5 Å². The molecule has 0 saturated carbocycles. The number of hydrogen-bond acceptors (Lipinski definition) is 2. The van der Waals surface area contributed by atoms with Crippen LogP contribution in [-0.2, 0) is 0 Å². The molecule has 1 aliphatic heterocycles.